The fourth-order valence-corrected chi connectivity index (χ4v) is 0. The quantitative estimate of drug-likeness (QED) is 0.454. The van der Waals surface area contributed by atoms with Crippen molar-refractivity contribution in [1.29, 1.82) is 0 Å². The third kappa shape index (κ3) is 60.7. The summed E-state index contributed by atoms with van der Waals surface area (Å²) in [4.78, 5) is 10.9. The maximum Gasteiger partial charge on any atom is 0.209 e. The van der Waals surface area contributed by atoms with Crippen molar-refractivity contribution in [2.45, 2.75) is 0 Å². The molecule has 0 aliphatic heterocycles. The first-order valence-corrected chi connectivity index (χ1v) is 4.67. The van der Waals surface area contributed by atoms with Crippen LogP contribution in [0.5, 0.6) is 0 Å². The van der Waals surface area contributed by atoms with Crippen LogP contribution in [0.1, 0.15) is 0 Å². The smallest absolute Gasteiger partial charge is 0.209 e. The molecule has 0 aliphatic rings. The molecule has 0 unspecified atom stereocenters. The molecule has 0 saturated carbocycles. The number of amides is 1. The second kappa shape index (κ2) is 8.36. The minimum atomic E-state index is -1.67. The second-order valence-corrected chi connectivity index (χ2v) is 3.78. The molecule has 0 aromatic carbocycles. The number of hydrogen-bond acceptors (Lipinski definition) is 2. The van der Waals surface area contributed by atoms with Crippen LogP contribution in [-0.2, 0) is 14.4 Å². The third-order valence-electron chi connectivity index (χ3n) is 0.211. The van der Waals surface area contributed by atoms with E-state index in [1.807, 2.05) is 0 Å². The van der Waals surface area contributed by atoms with Gasteiger partial charge < -0.3 is 9.45 Å². The van der Waals surface area contributed by atoms with Crippen LogP contribution in [0.4, 0.5) is 0 Å². The summed E-state index contributed by atoms with van der Waals surface area (Å²) in [6.07, 6.45) is 0.750. The number of nitrogens with zero attached hydrogens (tertiary/aromatic N) is 1. The Morgan fingerprint density at radius 1 is 1.56 bits per heavy atom. The lowest BCUT2D eigenvalue weighted by Gasteiger charge is -1.93. The summed E-state index contributed by atoms with van der Waals surface area (Å²) in [6, 6.07) is 0. The normalized spacial score (nSPS) is 7.78. The van der Waals surface area contributed by atoms with Gasteiger partial charge in [0.05, 0.1) is 0 Å². The highest BCUT2D eigenvalue weighted by Crippen LogP contribution is 1.98. The molecule has 0 N–H and O–H groups in total. The molecule has 0 aliphatic carbocycles. The number of carbonyl (C=O) groups is 1. The Bertz CT molecular complexity index is 68.1. The zero-order valence-corrected chi connectivity index (χ0v) is 7.33. The van der Waals surface area contributed by atoms with Crippen LogP contribution in [0.25, 0.3) is 0 Å². The second-order valence-electron chi connectivity index (χ2n) is 1.25. The van der Waals surface area contributed by atoms with Gasteiger partial charge in [-0.1, -0.05) is 0 Å². The summed E-state index contributed by atoms with van der Waals surface area (Å²) in [5.41, 5.74) is 0. The summed E-state index contributed by atoms with van der Waals surface area (Å²) in [6.45, 7) is 0. The molecule has 0 atom stereocenters. The molecule has 9 heavy (non-hydrogen) atoms. The predicted octanol–water partition coefficient (Wildman–Crippen LogP) is 0.747. The Labute approximate surface area is 66.1 Å². The Morgan fingerprint density at radius 2 is 1.67 bits per heavy atom. The van der Waals surface area contributed by atoms with E-state index in [2.05, 4.69) is 21.4 Å². The largest absolute Gasteiger partial charge is 0.582 e. The highest BCUT2D eigenvalue weighted by atomic mass is 36.0. The Hall–Kier alpha value is 0.360. The fraction of sp³-hybridized carbons (Fsp3) is 0.667. The van der Waals surface area contributed by atoms with Crippen molar-refractivity contribution >= 4 is 37.4 Å². The van der Waals surface area contributed by atoms with Crippen molar-refractivity contribution in [2.75, 3.05) is 14.1 Å². The average molecular weight is 192 g/mol. The van der Waals surface area contributed by atoms with Gasteiger partial charge in [0.25, 0.3) is 0 Å². The van der Waals surface area contributed by atoms with Gasteiger partial charge in [-0.05, 0) is 0 Å². The van der Waals surface area contributed by atoms with Crippen LogP contribution in [-0.4, -0.2) is 30.0 Å². The monoisotopic (exact) mass is 191 g/mol. The molecule has 0 saturated heterocycles. The zero-order chi connectivity index (χ0) is 7.86. The number of hydrogen-bond donors (Lipinski definition) is 0. The van der Waals surface area contributed by atoms with Crippen molar-refractivity contribution in [2.24, 2.45) is 0 Å². The van der Waals surface area contributed by atoms with E-state index < -0.39 is 9.60 Å². The molecule has 0 aromatic rings. The number of halogens is 2. The molecule has 0 heterocycles. The molecule has 0 fully saturated rings. The van der Waals surface area contributed by atoms with Gasteiger partial charge in [-0.3, -0.25) is 4.79 Å². The van der Waals surface area contributed by atoms with Crippen molar-refractivity contribution in [3.63, 3.8) is 0 Å². The van der Waals surface area contributed by atoms with Gasteiger partial charge in [-0.25, -0.2) is 0 Å². The molecule has 56 valence electrons. The maximum atomic E-state index is 9.43. The lowest BCUT2D eigenvalue weighted by Crippen LogP contribution is -2.06. The Balaban J connectivity index is 0. The van der Waals surface area contributed by atoms with E-state index in [1.54, 1.807) is 14.1 Å². The lowest BCUT2D eigenvalue weighted by molar-refractivity contribution is -0.115. The fourth-order valence-electron chi connectivity index (χ4n) is 0. The van der Waals surface area contributed by atoms with Crippen molar-refractivity contribution < 1.29 is 9.35 Å². The van der Waals surface area contributed by atoms with Gasteiger partial charge in [0.1, 0.15) is 0 Å². The van der Waals surface area contributed by atoms with Crippen LogP contribution in [0, 0.1) is 0 Å². The van der Waals surface area contributed by atoms with E-state index in [9.17, 15) is 4.79 Å². The number of carbonyl (C=O) groups excluding carboxylic acids is 1. The molecular formula is C3H7Cl2NO2S. The van der Waals surface area contributed by atoms with Gasteiger partial charge in [-0.15, -0.1) is 0 Å². The number of rotatable bonds is 1. The summed E-state index contributed by atoms with van der Waals surface area (Å²) >= 11 is 0. The molecule has 0 radical (unpaired) electrons. The topological polar surface area (TPSA) is 43.4 Å². The van der Waals surface area contributed by atoms with Gasteiger partial charge in [0.15, 0.2) is 31.0 Å². The molecule has 0 aromatic heterocycles. The van der Waals surface area contributed by atoms with Gasteiger partial charge in [-0.2, -0.15) is 0 Å². The lowest BCUT2D eigenvalue weighted by atomic mass is 11.0. The van der Waals surface area contributed by atoms with Crippen LogP contribution in [0.15, 0.2) is 0 Å². The Kier molecular flexibility index (Phi) is 11.2. The third-order valence-corrected chi connectivity index (χ3v) is 0.211. The minimum Gasteiger partial charge on any atom is -0.582 e. The van der Waals surface area contributed by atoms with Gasteiger partial charge in [0.2, 0.25) is 6.41 Å². The van der Waals surface area contributed by atoms with Crippen LogP contribution in [0.3, 0.4) is 0 Å². The van der Waals surface area contributed by atoms with Crippen molar-refractivity contribution in [1.82, 2.24) is 4.90 Å². The molecule has 0 rings (SSSR count). The van der Waals surface area contributed by atoms with Gasteiger partial charge in [0, 0.05) is 14.1 Å². The highest BCUT2D eigenvalue weighted by molar-refractivity contribution is 8.31. The first kappa shape index (κ1) is 12.1. The first-order chi connectivity index (χ1) is 4.00. The first-order valence-electron chi connectivity index (χ1n) is 1.86. The van der Waals surface area contributed by atoms with E-state index in [0.717, 1.165) is 6.41 Å². The summed E-state index contributed by atoms with van der Waals surface area (Å²) in [5, 5.41) is 0. The molecular weight excluding hydrogens is 185 g/mol. The molecule has 0 bridgehead atoms. The van der Waals surface area contributed by atoms with E-state index in [-0.39, 0.29) is 0 Å². The highest BCUT2D eigenvalue weighted by Gasteiger charge is 1.83. The summed E-state index contributed by atoms with van der Waals surface area (Å²) < 4.78 is 9.09. The zero-order valence-electron chi connectivity index (χ0n) is 5.01. The molecule has 6 heteroatoms. The van der Waals surface area contributed by atoms with E-state index >= 15 is 0 Å². The van der Waals surface area contributed by atoms with Crippen molar-refractivity contribution in [3.8, 4) is 0 Å². The molecule has 0 spiro atoms. The van der Waals surface area contributed by atoms with E-state index in [4.69, 9.17) is 4.55 Å². The molecule has 3 nitrogen and oxygen atoms in total. The summed E-state index contributed by atoms with van der Waals surface area (Å²) in [5.74, 6) is 0. The van der Waals surface area contributed by atoms with Gasteiger partial charge >= 0.3 is 0 Å². The Morgan fingerprint density at radius 3 is 1.67 bits per heavy atom. The average Bonchev–Trinajstić information content (AvgIpc) is 1.65. The van der Waals surface area contributed by atoms with E-state index in [0.29, 0.717) is 0 Å². The van der Waals surface area contributed by atoms with E-state index in [1.165, 1.54) is 4.90 Å². The predicted molar refractivity (Wildman–Crippen MR) is 39.6 cm³/mol. The van der Waals surface area contributed by atoms with Crippen LogP contribution < -0.4 is 0 Å². The van der Waals surface area contributed by atoms with Crippen LogP contribution >= 0.6 is 21.4 Å². The minimum absolute atomic E-state index is 0.750. The maximum absolute atomic E-state index is 9.43. The SMILES string of the molecule is CN(C)C=O.[O-][S+](Cl)Cl. The summed E-state index contributed by atoms with van der Waals surface area (Å²) in [7, 11) is 10.7. The molecule has 1 amide bonds. The van der Waals surface area contributed by atoms with Crippen molar-refractivity contribution in [3.05, 3.63) is 0 Å². The van der Waals surface area contributed by atoms with Crippen LogP contribution in [0.2, 0.25) is 0 Å². The standard InChI is InChI=1S/C3H7NO.Cl2OS/c1-4(2)3-5;1-4(2)3/h3H,1-2H3;.